The van der Waals surface area contributed by atoms with Gasteiger partial charge in [0.05, 0.1) is 4.90 Å². The Morgan fingerprint density at radius 1 is 0.880 bits per heavy atom. The molecule has 0 spiro atoms. The van der Waals surface area contributed by atoms with E-state index in [1.54, 1.807) is 12.1 Å². The van der Waals surface area contributed by atoms with Crippen molar-refractivity contribution in [2.45, 2.75) is 70.1 Å². The molecular weight excluding hydrogens is 359 g/mol. The van der Waals surface area contributed by atoms with E-state index in [1.165, 1.54) is 30.0 Å². The molecular formula is C20H27KO3S. The Morgan fingerprint density at radius 2 is 1.48 bits per heavy atom. The zero-order valence-electron chi connectivity index (χ0n) is 15.7. The van der Waals surface area contributed by atoms with Crippen LogP contribution in [-0.4, -0.2) is 13.0 Å². The van der Waals surface area contributed by atoms with Crippen molar-refractivity contribution in [2.75, 3.05) is 0 Å². The summed E-state index contributed by atoms with van der Waals surface area (Å²) in [6, 6.07) is 8.95. The fourth-order valence-electron chi connectivity index (χ4n) is 3.21. The van der Waals surface area contributed by atoms with E-state index in [0.29, 0.717) is 0 Å². The molecule has 0 aliphatic heterocycles. The maximum Gasteiger partial charge on any atom is 1.00 e. The first-order chi connectivity index (χ1) is 11.5. The van der Waals surface area contributed by atoms with Gasteiger partial charge >= 0.3 is 51.4 Å². The SMILES string of the molecule is CCCCCc1ccc2ccc(S(=O)(=O)[O-])cc2c1CCCCC.[K+]. The molecule has 2 rings (SSSR count). The van der Waals surface area contributed by atoms with E-state index in [4.69, 9.17) is 0 Å². The van der Waals surface area contributed by atoms with Crippen molar-refractivity contribution in [1.82, 2.24) is 0 Å². The van der Waals surface area contributed by atoms with E-state index in [0.717, 1.165) is 49.3 Å². The van der Waals surface area contributed by atoms with Crippen LogP contribution in [0.1, 0.15) is 63.5 Å². The summed E-state index contributed by atoms with van der Waals surface area (Å²) in [6.07, 6.45) is 8.86. The van der Waals surface area contributed by atoms with Crippen LogP contribution in [0, 0.1) is 0 Å². The van der Waals surface area contributed by atoms with E-state index < -0.39 is 10.1 Å². The van der Waals surface area contributed by atoms with E-state index in [2.05, 4.69) is 19.9 Å². The van der Waals surface area contributed by atoms with Crippen LogP contribution in [0.15, 0.2) is 35.2 Å². The minimum Gasteiger partial charge on any atom is -0.744 e. The zero-order chi connectivity index (χ0) is 17.6. The smallest absolute Gasteiger partial charge is 0.744 e. The molecule has 0 saturated heterocycles. The van der Waals surface area contributed by atoms with Crippen LogP contribution >= 0.6 is 0 Å². The van der Waals surface area contributed by atoms with Crippen LogP contribution in [-0.2, 0) is 23.0 Å². The average Bonchev–Trinajstić information content (AvgIpc) is 2.55. The van der Waals surface area contributed by atoms with Gasteiger partial charge in [-0.25, -0.2) is 8.42 Å². The van der Waals surface area contributed by atoms with Crippen molar-refractivity contribution in [3.8, 4) is 0 Å². The molecule has 0 radical (unpaired) electrons. The second kappa shape index (κ2) is 11.2. The van der Waals surface area contributed by atoms with Crippen molar-refractivity contribution in [3.63, 3.8) is 0 Å². The van der Waals surface area contributed by atoms with Gasteiger partial charge in [0.25, 0.3) is 0 Å². The Kier molecular flexibility index (Phi) is 10.4. The van der Waals surface area contributed by atoms with Crippen LogP contribution in [0.25, 0.3) is 10.8 Å². The number of aryl methyl sites for hydroxylation is 2. The summed E-state index contributed by atoms with van der Waals surface area (Å²) in [7, 11) is -4.42. The van der Waals surface area contributed by atoms with Crippen LogP contribution in [0.2, 0.25) is 0 Å². The molecule has 0 unspecified atom stereocenters. The van der Waals surface area contributed by atoms with Crippen molar-refractivity contribution in [2.24, 2.45) is 0 Å². The molecule has 2 aromatic rings. The van der Waals surface area contributed by atoms with Gasteiger partial charge in [0.2, 0.25) is 0 Å². The Morgan fingerprint density at radius 3 is 2.08 bits per heavy atom. The summed E-state index contributed by atoms with van der Waals surface area (Å²) >= 11 is 0. The van der Waals surface area contributed by atoms with Gasteiger partial charge in [-0.05, 0) is 59.7 Å². The minimum absolute atomic E-state index is 0. The quantitative estimate of drug-likeness (QED) is 0.377. The van der Waals surface area contributed by atoms with Crippen molar-refractivity contribution >= 4 is 20.9 Å². The van der Waals surface area contributed by atoms with E-state index in [9.17, 15) is 13.0 Å². The molecule has 25 heavy (non-hydrogen) atoms. The van der Waals surface area contributed by atoms with Gasteiger partial charge in [-0.15, -0.1) is 0 Å². The molecule has 0 aliphatic rings. The van der Waals surface area contributed by atoms with E-state index in [-0.39, 0.29) is 56.3 Å². The van der Waals surface area contributed by atoms with Crippen LogP contribution in [0.5, 0.6) is 0 Å². The molecule has 0 aliphatic carbocycles. The normalized spacial score (nSPS) is 11.5. The van der Waals surface area contributed by atoms with Crippen molar-refractivity contribution in [3.05, 3.63) is 41.5 Å². The van der Waals surface area contributed by atoms with Gasteiger partial charge in [-0.3, -0.25) is 0 Å². The first-order valence-corrected chi connectivity index (χ1v) is 10.4. The molecule has 0 amide bonds. The first-order valence-electron chi connectivity index (χ1n) is 8.97. The molecule has 0 heterocycles. The number of rotatable bonds is 9. The van der Waals surface area contributed by atoms with Crippen LogP contribution < -0.4 is 51.4 Å². The fraction of sp³-hybridized carbons (Fsp3) is 0.500. The van der Waals surface area contributed by atoms with E-state index >= 15 is 0 Å². The largest absolute Gasteiger partial charge is 1.00 e. The predicted octanol–water partition coefficient (Wildman–Crippen LogP) is 2.21. The Hall–Kier alpha value is 0.246. The molecule has 0 N–H and O–H groups in total. The summed E-state index contributed by atoms with van der Waals surface area (Å²) < 4.78 is 34.2. The maximum atomic E-state index is 11.4. The molecule has 5 heteroatoms. The Balaban J connectivity index is 0.00000312. The topological polar surface area (TPSA) is 57.2 Å². The number of hydrogen-bond donors (Lipinski definition) is 0. The predicted molar refractivity (Wildman–Crippen MR) is 98.4 cm³/mol. The van der Waals surface area contributed by atoms with E-state index in [1.807, 2.05) is 6.07 Å². The summed E-state index contributed by atoms with van der Waals surface area (Å²) in [4.78, 5) is -0.127. The summed E-state index contributed by atoms with van der Waals surface area (Å²) in [5.74, 6) is 0. The van der Waals surface area contributed by atoms with Gasteiger partial charge in [0.1, 0.15) is 10.1 Å². The molecule has 0 saturated carbocycles. The fourth-order valence-corrected chi connectivity index (χ4v) is 3.71. The van der Waals surface area contributed by atoms with Gasteiger partial charge < -0.3 is 4.55 Å². The van der Waals surface area contributed by atoms with Gasteiger partial charge in [0.15, 0.2) is 0 Å². The Labute approximate surface area is 194 Å². The summed E-state index contributed by atoms with van der Waals surface area (Å²) in [6.45, 7) is 4.36. The minimum atomic E-state index is -4.42. The molecule has 132 valence electrons. The third-order valence-corrected chi connectivity index (χ3v) is 5.40. The second-order valence-corrected chi connectivity index (χ2v) is 7.83. The first kappa shape index (κ1) is 23.3. The number of fused-ring (bicyclic) bond motifs is 1. The zero-order valence-corrected chi connectivity index (χ0v) is 19.6. The molecule has 0 atom stereocenters. The second-order valence-electron chi connectivity index (χ2n) is 6.45. The number of benzene rings is 2. The number of hydrogen-bond acceptors (Lipinski definition) is 3. The molecule has 0 bridgehead atoms. The standard InChI is InChI=1S/C20H28O3S.K/c1-3-5-7-9-16-11-12-17-13-14-18(24(21,22)23)15-20(17)19(16)10-8-6-4-2;/h11-15H,3-10H2,1-2H3,(H,21,22,23);/q;+1/p-1. The summed E-state index contributed by atoms with van der Waals surface area (Å²) in [5, 5.41) is 1.94. The monoisotopic (exact) mass is 386 g/mol. The van der Waals surface area contributed by atoms with Crippen LogP contribution in [0.3, 0.4) is 0 Å². The van der Waals surface area contributed by atoms with Gasteiger partial charge in [-0.2, -0.15) is 0 Å². The number of unbranched alkanes of at least 4 members (excludes halogenated alkanes) is 4. The van der Waals surface area contributed by atoms with Crippen molar-refractivity contribution in [1.29, 1.82) is 0 Å². The molecule has 0 fully saturated rings. The van der Waals surface area contributed by atoms with Crippen molar-refractivity contribution < 1.29 is 64.4 Å². The molecule has 3 nitrogen and oxygen atoms in total. The average molecular weight is 387 g/mol. The van der Waals surface area contributed by atoms with Gasteiger partial charge in [-0.1, -0.05) is 57.7 Å². The maximum absolute atomic E-state index is 11.4. The molecule has 2 aromatic carbocycles. The molecule has 0 aromatic heterocycles. The summed E-state index contributed by atoms with van der Waals surface area (Å²) in [5.41, 5.74) is 2.52. The third kappa shape index (κ3) is 6.72. The third-order valence-electron chi connectivity index (χ3n) is 4.57. The Bertz CT molecular complexity index is 785. The van der Waals surface area contributed by atoms with Crippen LogP contribution in [0.4, 0.5) is 0 Å². The van der Waals surface area contributed by atoms with Gasteiger partial charge in [0, 0.05) is 0 Å².